The number of carbonyl (C=O) groups excluding carboxylic acids is 1. The first-order chi connectivity index (χ1) is 14.8. The van der Waals surface area contributed by atoms with E-state index in [1.54, 1.807) is 0 Å². The number of aromatic nitrogens is 2. The molecule has 0 aliphatic carbocycles. The van der Waals surface area contributed by atoms with Gasteiger partial charge < -0.3 is 9.80 Å². The van der Waals surface area contributed by atoms with E-state index in [2.05, 4.69) is 44.7 Å². The summed E-state index contributed by atoms with van der Waals surface area (Å²) in [6.45, 7) is 12.4. The van der Waals surface area contributed by atoms with E-state index in [-0.39, 0.29) is 11.3 Å². The summed E-state index contributed by atoms with van der Waals surface area (Å²) in [5, 5.41) is 0. The highest BCUT2D eigenvalue weighted by Crippen LogP contribution is 2.32. The molecular weight excluding hydrogens is 384 g/mol. The summed E-state index contributed by atoms with van der Waals surface area (Å²) in [4.78, 5) is 27.5. The molecule has 1 fully saturated rings. The van der Waals surface area contributed by atoms with Gasteiger partial charge in [-0.15, -0.1) is 0 Å². The summed E-state index contributed by atoms with van der Waals surface area (Å²) >= 11 is 0. The molecule has 0 radical (unpaired) electrons. The molecule has 3 heterocycles. The Labute approximate surface area is 186 Å². The van der Waals surface area contributed by atoms with Crippen molar-refractivity contribution in [1.82, 2.24) is 14.9 Å². The second-order valence-electron chi connectivity index (χ2n) is 10.5. The van der Waals surface area contributed by atoms with Crippen molar-refractivity contribution in [3.05, 3.63) is 41.6 Å². The molecule has 0 N–H and O–H groups in total. The molecule has 1 aromatic carbocycles. The van der Waals surface area contributed by atoms with E-state index < -0.39 is 0 Å². The Bertz CT molecular complexity index is 913. The number of amides is 1. The molecule has 5 heteroatoms. The highest BCUT2D eigenvalue weighted by Gasteiger charge is 2.29. The summed E-state index contributed by atoms with van der Waals surface area (Å²) in [5.74, 6) is 2.51. The van der Waals surface area contributed by atoms with E-state index in [0.29, 0.717) is 18.9 Å². The number of hydrogen-bond acceptors (Lipinski definition) is 4. The van der Waals surface area contributed by atoms with E-state index in [4.69, 9.17) is 9.97 Å². The van der Waals surface area contributed by atoms with Crippen LogP contribution in [-0.4, -0.2) is 40.4 Å². The molecule has 2 aliphatic heterocycles. The first-order valence-electron chi connectivity index (χ1n) is 11.8. The van der Waals surface area contributed by atoms with Crippen LogP contribution in [0.2, 0.25) is 0 Å². The van der Waals surface area contributed by atoms with Gasteiger partial charge >= 0.3 is 0 Å². The van der Waals surface area contributed by atoms with Gasteiger partial charge in [-0.3, -0.25) is 4.79 Å². The highest BCUT2D eigenvalue weighted by molar-refractivity contribution is 5.77. The van der Waals surface area contributed by atoms with Gasteiger partial charge in [0.25, 0.3) is 0 Å². The molecule has 0 saturated carbocycles. The fourth-order valence-electron chi connectivity index (χ4n) is 5.06. The van der Waals surface area contributed by atoms with Gasteiger partial charge in [-0.05, 0) is 30.6 Å². The molecule has 0 bridgehead atoms. The molecule has 0 spiro atoms. The zero-order valence-electron chi connectivity index (χ0n) is 19.5. The Morgan fingerprint density at radius 2 is 1.77 bits per heavy atom. The SMILES string of the molecule is C[C@H](CC(=O)N1CCc2nc(-c3ccccc3)nc(N3CCCC3)c2C1)CC(C)(C)C. The Kier molecular flexibility index (Phi) is 6.31. The van der Waals surface area contributed by atoms with Gasteiger partial charge in [-0.2, -0.15) is 0 Å². The van der Waals surface area contributed by atoms with Crippen LogP contribution >= 0.6 is 0 Å². The van der Waals surface area contributed by atoms with Gasteiger partial charge in [0.05, 0.1) is 12.2 Å². The summed E-state index contributed by atoms with van der Waals surface area (Å²) in [5.41, 5.74) is 3.58. The van der Waals surface area contributed by atoms with Crippen molar-refractivity contribution in [2.24, 2.45) is 11.3 Å². The number of rotatable bonds is 5. The van der Waals surface area contributed by atoms with Crippen molar-refractivity contribution in [1.29, 1.82) is 0 Å². The number of anilines is 1. The van der Waals surface area contributed by atoms with Crippen molar-refractivity contribution in [2.45, 2.75) is 66.3 Å². The molecule has 4 rings (SSSR count). The lowest BCUT2D eigenvalue weighted by molar-refractivity contribution is -0.133. The van der Waals surface area contributed by atoms with E-state index in [1.165, 1.54) is 12.8 Å². The van der Waals surface area contributed by atoms with Crippen molar-refractivity contribution in [3.8, 4) is 11.4 Å². The maximum atomic E-state index is 13.1. The summed E-state index contributed by atoms with van der Waals surface area (Å²) in [7, 11) is 0. The molecule has 0 unspecified atom stereocenters. The van der Waals surface area contributed by atoms with Crippen LogP contribution in [0.15, 0.2) is 30.3 Å². The maximum Gasteiger partial charge on any atom is 0.223 e. The van der Waals surface area contributed by atoms with Gasteiger partial charge in [0.1, 0.15) is 5.82 Å². The number of nitrogens with zero attached hydrogens (tertiary/aromatic N) is 4. The number of carbonyl (C=O) groups is 1. The topological polar surface area (TPSA) is 49.3 Å². The normalized spacial score (nSPS) is 17.5. The van der Waals surface area contributed by atoms with Gasteiger partial charge in [0.2, 0.25) is 5.91 Å². The van der Waals surface area contributed by atoms with E-state index in [0.717, 1.165) is 60.9 Å². The number of hydrogen-bond donors (Lipinski definition) is 0. The predicted molar refractivity (Wildman–Crippen MR) is 126 cm³/mol. The van der Waals surface area contributed by atoms with Gasteiger partial charge in [0.15, 0.2) is 5.82 Å². The molecule has 2 aromatic rings. The second-order valence-corrected chi connectivity index (χ2v) is 10.5. The van der Waals surface area contributed by atoms with Crippen LogP contribution < -0.4 is 4.90 Å². The molecule has 1 amide bonds. The Morgan fingerprint density at radius 1 is 1.06 bits per heavy atom. The van der Waals surface area contributed by atoms with Crippen LogP contribution in [0.5, 0.6) is 0 Å². The van der Waals surface area contributed by atoms with Crippen LogP contribution in [0, 0.1) is 11.3 Å². The van der Waals surface area contributed by atoms with Crippen LogP contribution in [0.4, 0.5) is 5.82 Å². The largest absolute Gasteiger partial charge is 0.356 e. The standard InChI is InChI=1S/C26H36N4O/c1-19(17-26(2,3)4)16-23(31)30-15-12-22-21(18-30)25(29-13-8-9-14-29)28-24(27-22)20-10-6-5-7-11-20/h5-7,10-11,19H,8-9,12-18H2,1-4H3/t19-/m1/s1. The number of fused-ring (bicyclic) bond motifs is 1. The fourth-order valence-corrected chi connectivity index (χ4v) is 5.06. The minimum atomic E-state index is 0.249. The minimum Gasteiger partial charge on any atom is -0.356 e. The molecule has 5 nitrogen and oxygen atoms in total. The van der Waals surface area contributed by atoms with Crippen molar-refractivity contribution in [2.75, 3.05) is 24.5 Å². The predicted octanol–water partition coefficient (Wildman–Crippen LogP) is 5.09. The zero-order valence-corrected chi connectivity index (χ0v) is 19.5. The Balaban J connectivity index is 1.58. The lowest BCUT2D eigenvalue weighted by Crippen LogP contribution is -2.38. The van der Waals surface area contributed by atoms with Gasteiger partial charge in [-0.1, -0.05) is 58.0 Å². The molecule has 166 valence electrons. The molecule has 31 heavy (non-hydrogen) atoms. The first kappa shape index (κ1) is 21.8. The third kappa shape index (κ3) is 5.25. The van der Waals surface area contributed by atoms with Crippen molar-refractivity contribution < 1.29 is 4.79 Å². The monoisotopic (exact) mass is 420 g/mol. The smallest absolute Gasteiger partial charge is 0.223 e. The molecule has 1 saturated heterocycles. The van der Waals surface area contributed by atoms with E-state index in [1.807, 2.05) is 23.1 Å². The molecular formula is C26H36N4O. The maximum absolute atomic E-state index is 13.1. The zero-order chi connectivity index (χ0) is 22.0. The molecule has 2 aliphatic rings. The van der Waals surface area contributed by atoms with E-state index >= 15 is 0 Å². The van der Waals surface area contributed by atoms with Crippen LogP contribution in [-0.2, 0) is 17.8 Å². The van der Waals surface area contributed by atoms with E-state index in [9.17, 15) is 4.79 Å². The minimum absolute atomic E-state index is 0.249. The summed E-state index contributed by atoms with van der Waals surface area (Å²) < 4.78 is 0. The quantitative estimate of drug-likeness (QED) is 0.676. The average Bonchev–Trinajstić information content (AvgIpc) is 3.26. The molecule has 1 atom stereocenters. The third-order valence-electron chi connectivity index (χ3n) is 6.31. The summed E-state index contributed by atoms with van der Waals surface area (Å²) in [6, 6.07) is 10.2. The van der Waals surface area contributed by atoms with Crippen LogP contribution in [0.25, 0.3) is 11.4 Å². The number of benzene rings is 1. The lowest BCUT2D eigenvalue weighted by atomic mass is 9.84. The second kappa shape index (κ2) is 8.97. The van der Waals surface area contributed by atoms with Gasteiger partial charge in [0, 0.05) is 43.6 Å². The first-order valence-corrected chi connectivity index (χ1v) is 11.8. The Hall–Kier alpha value is -2.43. The van der Waals surface area contributed by atoms with Crippen LogP contribution in [0.3, 0.4) is 0 Å². The summed E-state index contributed by atoms with van der Waals surface area (Å²) in [6.07, 6.45) is 4.89. The highest BCUT2D eigenvalue weighted by atomic mass is 16.2. The fraction of sp³-hybridized carbons (Fsp3) is 0.577. The average molecular weight is 421 g/mol. The lowest BCUT2D eigenvalue weighted by Gasteiger charge is -2.33. The Morgan fingerprint density at radius 3 is 2.45 bits per heavy atom. The van der Waals surface area contributed by atoms with Crippen molar-refractivity contribution in [3.63, 3.8) is 0 Å². The third-order valence-corrected chi connectivity index (χ3v) is 6.31. The molecule has 1 aromatic heterocycles. The van der Waals surface area contributed by atoms with Gasteiger partial charge in [-0.25, -0.2) is 9.97 Å². The van der Waals surface area contributed by atoms with Crippen molar-refractivity contribution >= 4 is 11.7 Å². The van der Waals surface area contributed by atoms with Crippen LogP contribution in [0.1, 0.15) is 64.6 Å².